The normalized spacial score (nSPS) is 16.6. The minimum Gasteiger partial charge on any atom is -0.345 e. The molecular weight excluding hydrogens is 391 g/mol. The molecule has 1 saturated heterocycles. The lowest BCUT2D eigenvalue weighted by atomic mass is 9.95. The third-order valence-corrected chi connectivity index (χ3v) is 7.16. The quantitative estimate of drug-likeness (QED) is 0.767. The maximum absolute atomic E-state index is 13.2. The molecule has 156 valence electrons. The Hall–Kier alpha value is -2.25. The Kier molecular flexibility index (Phi) is 6.70. The van der Waals surface area contributed by atoms with Crippen LogP contribution in [0.1, 0.15) is 55.1 Å². The minimum absolute atomic E-state index is 0.100. The van der Waals surface area contributed by atoms with Gasteiger partial charge >= 0.3 is 0 Å². The fourth-order valence-corrected chi connectivity index (χ4v) is 5.08. The zero-order chi connectivity index (χ0) is 21.0. The number of piperidine rings is 1. The number of amides is 1. The zero-order valence-corrected chi connectivity index (χ0v) is 17.6. The molecule has 1 aliphatic rings. The Bertz CT molecular complexity index is 935. The molecule has 0 aliphatic carbocycles. The van der Waals surface area contributed by atoms with Gasteiger partial charge in [-0.3, -0.25) is 4.79 Å². The van der Waals surface area contributed by atoms with Gasteiger partial charge in [-0.25, -0.2) is 12.8 Å². The van der Waals surface area contributed by atoms with Crippen molar-refractivity contribution in [1.82, 2.24) is 9.62 Å². The maximum atomic E-state index is 13.2. The van der Waals surface area contributed by atoms with E-state index in [4.69, 9.17) is 0 Å². The molecule has 0 aromatic heterocycles. The summed E-state index contributed by atoms with van der Waals surface area (Å²) in [6.07, 6.45) is 2.80. The predicted octanol–water partition coefficient (Wildman–Crippen LogP) is 4.13. The van der Waals surface area contributed by atoms with Crippen LogP contribution in [0, 0.1) is 11.7 Å². The van der Waals surface area contributed by atoms with Gasteiger partial charge in [0.15, 0.2) is 0 Å². The first-order valence-electron chi connectivity index (χ1n) is 9.95. The Morgan fingerprint density at radius 3 is 2.10 bits per heavy atom. The third-order valence-electron chi connectivity index (χ3n) is 5.25. The van der Waals surface area contributed by atoms with E-state index in [1.165, 1.54) is 40.7 Å². The molecule has 0 spiro atoms. The molecule has 1 N–H and O–H groups in total. The largest absolute Gasteiger partial charge is 0.345 e. The van der Waals surface area contributed by atoms with E-state index in [1.54, 1.807) is 12.1 Å². The second-order valence-corrected chi connectivity index (χ2v) is 9.67. The molecule has 1 fully saturated rings. The molecule has 1 aliphatic heterocycles. The summed E-state index contributed by atoms with van der Waals surface area (Å²) in [5, 5.41) is 2.97. The Morgan fingerprint density at radius 1 is 0.966 bits per heavy atom. The second kappa shape index (κ2) is 9.05. The Labute approximate surface area is 172 Å². The van der Waals surface area contributed by atoms with Crippen LogP contribution in [0.4, 0.5) is 4.39 Å². The van der Waals surface area contributed by atoms with E-state index >= 15 is 0 Å². The second-order valence-electron chi connectivity index (χ2n) is 7.74. The van der Waals surface area contributed by atoms with Gasteiger partial charge in [-0.15, -0.1) is 0 Å². The molecule has 5 nitrogen and oxygen atoms in total. The van der Waals surface area contributed by atoms with Gasteiger partial charge < -0.3 is 5.32 Å². The monoisotopic (exact) mass is 418 g/mol. The summed E-state index contributed by atoms with van der Waals surface area (Å²) < 4.78 is 40.2. The lowest BCUT2D eigenvalue weighted by Crippen LogP contribution is -2.35. The molecule has 0 bridgehead atoms. The molecule has 2 aromatic carbocycles. The molecule has 0 unspecified atom stereocenters. The van der Waals surface area contributed by atoms with Crippen LogP contribution in [0.15, 0.2) is 53.4 Å². The molecule has 7 heteroatoms. The number of nitrogens with zero attached hydrogens (tertiary/aromatic N) is 1. The minimum atomic E-state index is -3.52. The van der Waals surface area contributed by atoms with E-state index in [9.17, 15) is 17.6 Å². The maximum Gasteiger partial charge on any atom is 0.251 e. The van der Waals surface area contributed by atoms with Crippen LogP contribution in [0.2, 0.25) is 0 Å². The number of hydrogen-bond donors (Lipinski definition) is 1. The average Bonchev–Trinajstić information content (AvgIpc) is 2.73. The summed E-state index contributed by atoms with van der Waals surface area (Å²) in [5.41, 5.74) is 1.20. The fraction of sp³-hybridized carbons (Fsp3) is 0.409. The molecule has 3 rings (SSSR count). The van der Waals surface area contributed by atoms with Crippen LogP contribution < -0.4 is 5.32 Å². The van der Waals surface area contributed by atoms with Crippen molar-refractivity contribution >= 4 is 15.9 Å². The third kappa shape index (κ3) is 5.03. The molecule has 1 amide bonds. The van der Waals surface area contributed by atoms with E-state index in [0.29, 0.717) is 18.7 Å². The van der Waals surface area contributed by atoms with Crippen molar-refractivity contribution < 1.29 is 17.6 Å². The van der Waals surface area contributed by atoms with Crippen molar-refractivity contribution in [2.45, 2.75) is 44.0 Å². The van der Waals surface area contributed by atoms with Crippen LogP contribution in [0.5, 0.6) is 0 Å². The highest BCUT2D eigenvalue weighted by Crippen LogP contribution is 2.24. The van der Waals surface area contributed by atoms with Crippen molar-refractivity contribution in [2.75, 3.05) is 13.1 Å². The molecule has 1 heterocycles. The van der Waals surface area contributed by atoms with Gasteiger partial charge in [0, 0.05) is 18.7 Å². The number of rotatable bonds is 6. The summed E-state index contributed by atoms with van der Waals surface area (Å²) in [5.74, 6) is -0.522. The van der Waals surface area contributed by atoms with E-state index in [2.05, 4.69) is 5.32 Å². The van der Waals surface area contributed by atoms with Crippen molar-refractivity contribution in [2.24, 2.45) is 5.92 Å². The Balaban J connectivity index is 1.74. The van der Waals surface area contributed by atoms with Gasteiger partial charge in [0.05, 0.1) is 10.9 Å². The highest BCUT2D eigenvalue weighted by molar-refractivity contribution is 7.89. The van der Waals surface area contributed by atoms with E-state index < -0.39 is 10.0 Å². The first-order chi connectivity index (χ1) is 13.8. The number of halogens is 1. The lowest BCUT2D eigenvalue weighted by Gasteiger charge is -2.26. The van der Waals surface area contributed by atoms with Gasteiger partial charge in [0.25, 0.3) is 5.91 Å². The number of benzene rings is 2. The van der Waals surface area contributed by atoms with E-state index in [-0.39, 0.29) is 28.6 Å². The van der Waals surface area contributed by atoms with Crippen molar-refractivity contribution in [1.29, 1.82) is 0 Å². The van der Waals surface area contributed by atoms with Gasteiger partial charge in [-0.1, -0.05) is 32.4 Å². The summed E-state index contributed by atoms with van der Waals surface area (Å²) in [4.78, 5) is 12.9. The first-order valence-corrected chi connectivity index (χ1v) is 11.4. The standard InChI is InChI=1S/C22H27FN2O3S/c1-16(2)21(17-6-10-19(23)11-7-17)24-22(26)18-8-12-20(13-9-18)29(27,28)25-14-4-3-5-15-25/h6-13,16,21H,3-5,14-15H2,1-2H3,(H,24,26)/t21-/m1/s1. The van der Waals surface area contributed by atoms with Gasteiger partial charge in [-0.05, 0) is 60.7 Å². The number of nitrogens with one attached hydrogen (secondary N) is 1. The fourth-order valence-electron chi connectivity index (χ4n) is 3.56. The van der Waals surface area contributed by atoms with Crippen molar-refractivity contribution in [3.63, 3.8) is 0 Å². The SMILES string of the molecule is CC(C)[C@@H](NC(=O)c1ccc(S(=O)(=O)N2CCCCC2)cc1)c1ccc(F)cc1. The molecule has 0 radical (unpaired) electrons. The number of carbonyl (C=O) groups is 1. The summed E-state index contributed by atoms with van der Waals surface area (Å²) >= 11 is 0. The average molecular weight is 419 g/mol. The van der Waals surface area contributed by atoms with Crippen LogP contribution in [0.25, 0.3) is 0 Å². The van der Waals surface area contributed by atoms with Gasteiger partial charge in [-0.2, -0.15) is 4.31 Å². The zero-order valence-electron chi connectivity index (χ0n) is 16.8. The van der Waals surface area contributed by atoms with E-state index in [1.807, 2.05) is 13.8 Å². The molecule has 1 atom stereocenters. The molecular formula is C22H27FN2O3S. The first kappa shape index (κ1) is 21.5. The summed E-state index contributed by atoms with van der Waals surface area (Å²) in [6.45, 7) is 5.03. The van der Waals surface area contributed by atoms with Gasteiger partial charge in [0.1, 0.15) is 5.82 Å². The molecule has 29 heavy (non-hydrogen) atoms. The lowest BCUT2D eigenvalue weighted by molar-refractivity contribution is 0.0925. The highest BCUT2D eigenvalue weighted by Gasteiger charge is 2.26. The number of hydrogen-bond acceptors (Lipinski definition) is 3. The van der Waals surface area contributed by atoms with Crippen molar-refractivity contribution in [3.05, 3.63) is 65.5 Å². The predicted molar refractivity (Wildman–Crippen MR) is 110 cm³/mol. The van der Waals surface area contributed by atoms with E-state index in [0.717, 1.165) is 24.8 Å². The smallest absolute Gasteiger partial charge is 0.251 e. The number of sulfonamides is 1. The van der Waals surface area contributed by atoms with Crippen LogP contribution in [0.3, 0.4) is 0 Å². The summed E-state index contributed by atoms with van der Waals surface area (Å²) in [7, 11) is -3.52. The van der Waals surface area contributed by atoms with Crippen LogP contribution >= 0.6 is 0 Å². The summed E-state index contributed by atoms with van der Waals surface area (Å²) in [6, 6.07) is 11.8. The van der Waals surface area contributed by atoms with Gasteiger partial charge in [0.2, 0.25) is 10.0 Å². The molecule has 0 saturated carbocycles. The highest BCUT2D eigenvalue weighted by atomic mass is 32.2. The molecule has 2 aromatic rings. The van der Waals surface area contributed by atoms with Crippen LogP contribution in [-0.2, 0) is 10.0 Å². The topological polar surface area (TPSA) is 66.5 Å². The number of carbonyl (C=O) groups excluding carboxylic acids is 1. The van der Waals surface area contributed by atoms with Crippen LogP contribution in [-0.4, -0.2) is 31.7 Å². The van der Waals surface area contributed by atoms with Crippen molar-refractivity contribution in [3.8, 4) is 0 Å². The Morgan fingerprint density at radius 2 is 1.55 bits per heavy atom.